The van der Waals surface area contributed by atoms with Gasteiger partial charge in [0.15, 0.2) is 12.7 Å². The minimum Gasteiger partial charge on any atom is -0.480 e. The van der Waals surface area contributed by atoms with E-state index < -0.39 is 12.1 Å². The number of halogens is 1. The van der Waals surface area contributed by atoms with E-state index in [-0.39, 0.29) is 6.61 Å². The lowest BCUT2D eigenvalue weighted by atomic mass is 10.1. The van der Waals surface area contributed by atoms with Gasteiger partial charge in [-0.05, 0) is 23.3 Å². The number of benzene rings is 3. The molecule has 0 spiro atoms. The van der Waals surface area contributed by atoms with Gasteiger partial charge in [-0.15, -0.1) is 0 Å². The van der Waals surface area contributed by atoms with Gasteiger partial charge in [-0.3, -0.25) is 0 Å². The summed E-state index contributed by atoms with van der Waals surface area (Å²) in [7, 11) is 0. The molecular formula is C21H15ClO3. The highest BCUT2D eigenvalue weighted by Gasteiger charge is 2.31. The quantitative estimate of drug-likeness (QED) is 0.619. The Balaban J connectivity index is 1.53. The average Bonchev–Trinajstić information content (AvgIpc) is 2.96. The van der Waals surface area contributed by atoms with Crippen LogP contribution in [0, 0.1) is 0 Å². The SMILES string of the molecule is O=C(COc1ccccc1Cl)OC1c2ccccc2-c2ccccc21. The van der Waals surface area contributed by atoms with E-state index in [1.165, 1.54) is 0 Å². The van der Waals surface area contributed by atoms with Crippen molar-refractivity contribution in [3.8, 4) is 16.9 Å². The molecule has 4 rings (SSSR count). The lowest BCUT2D eigenvalue weighted by Gasteiger charge is -2.15. The van der Waals surface area contributed by atoms with Gasteiger partial charge in [0.2, 0.25) is 0 Å². The van der Waals surface area contributed by atoms with E-state index in [1.807, 2.05) is 48.5 Å². The summed E-state index contributed by atoms with van der Waals surface area (Å²) < 4.78 is 11.2. The normalized spacial score (nSPS) is 12.4. The molecule has 0 radical (unpaired) electrons. The molecule has 0 aromatic heterocycles. The van der Waals surface area contributed by atoms with Crippen molar-refractivity contribution in [3.05, 3.63) is 88.9 Å². The maximum absolute atomic E-state index is 12.3. The van der Waals surface area contributed by atoms with Gasteiger partial charge >= 0.3 is 5.97 Å². The summed E-state index contributed by atoms with van der Waals surface area (Å²) in [5.41, 5.74) is 4.19. The number of carbonyl (C=O) groups is 1. The van der Waals surface area contributed by atoms with E-state index in [0.717, 1.165) is 22.3 Å². The van der Waals surface area contributed by atoms with Gasteiger partial charge < -0.3 is 9.47 Å². The van der Waals surface area contributed by atoms with E-state index in [2.05, 4.69) is 0 Å². The first-order valence-electron chi connectivity index (χ1n) is 7.99. The molecule has 0 amide bonds. The Hall–Kier alpha value is -2.78. The molecule has 3 nitrogen and oxygen atoms in total. The number of esters is 1. The molecule has 0 atom stereocenters. The third kappa shape index (κ3) is 2.99. The zero-order valence-electron chi connectivity index (χ0n) is 13.3. The van der Waals surface area contributed by atoms with Crippen LogP contribution in [0.4, 0.5) is 0 Å². The van der Waals surface area contributed by atoms with Gasteiger partial charge in [0, 0.05) is 11.1 Å². The first-order chi connectivity index (χ1) is 12.2. The fourth-order valence-electron chi connectivity index (χ4n) is 3.10. The molecule has 0 bridgehead atoms. The van der Waals surface area contributed by atoms with Crippen molar-refractivity contribution in [1.29, 1.82) is 0 Å². The van der Waals surface area contributed by atoms with Crippen LogP contribution in [0.3, 0.4) is 0 Å². The molecule has 0 saturated heterocycles. The van der Waals surface area contributed by atoms with Crippen molar-refractivity contribution >= 4 is 17.6 Å². The van der Waals surface area contributed by atoms with E-state index in [0.29, 0.717) is 10.8 Å². The number of para-hydroxylation sites is 1. The Morgan fingerprint density at radius 1 is 0.840 bits per heavy atom. The number of hydrogen-bond acceptors (Lipinski definition) is 3. The Morgan fingerprint density at radius 2 is 1.40 bits per heavy atom. The number of ether oxygens (including phenoxy) is 2. The molecule has 0 aliphatic heterocycles. The Bertz CT molecular complexity index is 890. The predicted octanol–water partition coefficient (Wildman–Crippen LogP) is 5.03. The molecule has 0 N–H and O–H groups in total. The summed E-state index contributed by atoms with van der Waals surface area (Å²) in [5.74, 6) is 0.0322. The van der Waals surface area contributed by atoms with Crippen LogP contribution in [0.1, 0.15) is 17.2 Å². The molecular weight excluding hydrogens is 336 g/mol. The van der Waals surface area contributed by atoms with Crippen LogP contribution < -0.4 is 4.74 Å². The Morgan fingerprint density at radius 3 is 2.04 bits per heavy atom. The van der Waals surface area contributed by atoms with E-state index >= 15 is 0 Å². The van der Waals surface area contributed by atoms with Crippen LogP contribution in [0.25, 0.3) is 11.1 Å². The van der Waals surface area contributed by atoms with Crippen LogP contribution in [-0.4, -0.2) is 12.6 Å². The van der Waals surface area contributed by atoms with Gasteiger partial charge in [-0.1, -0.05) is 72.3 Å². The molecule has 0 unspecified atom stereocenters. The molecule has 1 aliphatic rings. The Labute approximate surface area is 150 Å². The van der Waals surface area contributed by atoms with Gasteiger partial charge in [-0.25, -0.2) is 4.79 Å². The maximum atomic E-state index is 12.3. The van der Waals surface area contributed by atoms with E-state index in [1.54, 1.807) is 24.3 Å². The smallest absolute Gasteiger partial charge is 0.345 e. The maximum Gasteiger partial charge on any atom is 0.345 e. The molecule has 0 heterocycles. The molecule has 4 heteroatoms. The van der Waals surface area contributed by atoms with Gasteiger partial charge in [-0.2, -0.15) is 0 Å². The molecule has 3 aromatic carbocycles. The fraction of sp³-hybridized carbons (Fsp3) is 0.0952. The van der Waals surface area contributed by atoms with Crippen LogP contribution in [0.15, 0.2) is 72.8 Å². The topological polar surface area (TPSA) is 35.5 Å². The standard InChI is InChI=1S/C21H15ClO3/c22-18-11-5-6-12-19(18)24-13-20(23)25-21-16-9-3-1-7-14(16)15-8-2-4-10-17(15)21/h1-12,21H,13H2. The monoisotopic (exact) mass is 350 g/mol. The summed E-state index contributed by atoms with van der Waals surface area (Å²) in [5, 5.41) is 0.465. The number of fused-ring (bicyclic) bond motifs is 3. The van der Waals surface area contributed by atoms with Crippen LogP contribution >= 0.6 is 11.6 Å². The number of hydrogen-bond donors (Lipinski definition) is 0. The first kappa shape index (κ1) is 15.7. The molecule has 124 valence electrons. The second-order valence-electron chi connectivity index (χ2n) is 5.76. The van der Waals surface area contributed by atoms with Crippen molar-refractivity contribution in [3.63, 3.8) is 0 Å². The third-order valence-corrected chi connectivity index (χ3v) is 4.52. The highest BCUT2D eigenvalue weighted by atomic mass is 35.5. The zero-order chi connectivity index (χ0) is 17.2. The van der Waals surface area contributed by atoms with Gasteiger partial charge in [0.1, 0.15) is 5.75 Å². The molecule has 0 saturated carbocycles. The van der Waals surface area contributed by atoms with Gasteiger partial charge in [0.05, 0.1) is 5.02 Å². The lowest BCUT2D eigenvalue weighted by Crippen LogP contribution is -2.18. The summed E-state index contributed by atoms with van der Waals surface area (Å²) >= 11 is 6.03. The summed E-state index contributed by atoms with van der Waals surface area (Å²) in [6, 6.07) is 23.0. The Kier molecular flexibility index (Phi) is 4.16. The summed E-state index contributed by atoms with van der Waals surface area (Å²) in [6.07, 6.45) is -0.408. The zero-order valence-corrected chi connectivity index (χ0v) is 14.1. The van der Waals surface area contributed by atoms with E-state index in [4.69, 9.17) is 21.1 Å². The summed E-state index contributed by atoms with van der Waals surface area (Å²) in [4.78, 5) is 12.3. The van der Waals surface area contributed by atoms with Crippen molar-refractivity contribution in [2.75, 3.05) is 6.61 Å². The van der Waals surface area contributed by atoms with Crippen LogP contribution in [-0.2, 0) is 9.53 Å². The van der Waals surface area contributed by atoms with Crippen molar-refractivity contribution < 1.29 is 14.3 Å². The average molecular weight is 351 g/mol. The third-order valence-electron chi connectivity index (χ3n) is 4.21. The molecule has 1 aliphatic carbocycles. The highest BCUT2D eigenvalue weighted by molar-refractivity contribution is 6.32. The highest BCUT2D eigenvalue weighted by Crippen LogP contribution is 2.45. The van der Waals surface area contributed by atoms with Crippen molar-refractivity contribution in [2.45, 2.75) is 6.10 Å². The van der Waals surface area contributed by atoms with E-state index in [9.17, 15) is 4.79 Å². The van der Waals surface area contributed by atoms with Crippen molar-refractivity contribution in [1.82, 2.24) is 0 Å². The molecule has 0 fully saturated rings. The number of carbonyl (C=O) groups excluding carboxylic acids is 1. The minimum absolute atomic E-state index is 0.190. The van der Waals surface area contributed by atoms with Crippen LogP contribution in [0.5, 0.6) is 5.75 Å². The predicted molar refractivity (Wildman–Crippen MR) is 96.8 cm³/mol. The second kappa shape index (κ2) is 6.61. The first-order valence-corrected chi connectivity index (χ1v) is 8.37. The minimum atomic E-state index is -0.434. The number of rotatable bonds is 4. The van der Waals surface area contributed by atoms with Gasteiger partial charge in [0.25, 0.3) is 0 Å². The molecule has 3 aromatic rings. The fourth-order valence-corrected chi connectivity index (χ4v) is 3.29. The second-order valence-corrected chi connectivity index (χ2v) is 6.17. The summed E-state index contributed by atoms with van der Waals surface area (Å²) in [6.45, 7) is -0.190. The lowest BCUT2D eigenvalue weighted by molar-refractivity contribution is -0.149. The molecule has 25 heavy (non-hydrogen) atoms. The van der Waals surface area contributed by atoms with Crippen molar-refractivity contribution in [2.24, 2.45) is 0 Å². The largest absolute Gasteiger partial charge is 0.480 e. The van der Waals surface area contributed by atoms with Crippen LogP contribution in [0.2, 0.25) is 5.02 Å².